The molecule has 9 heteroatoms. The highest BCUT2D eigenvalue weighted by molar-refractivity contribution is 6.11. The van der Waals surface area contributed by atoms with Crippen LogP contribution >= 0.6 is 0 Å². The fourth-order valence-electron chi connectivity index (χ4n) is 3.49. The molecule has 0 aliphatic carbocycles. The van der Waals surface area contributed by atoms with Gasteiger partial charge in [0.25, 0.3) is 5.91 Å². The predicted octanol–water partition coefficient (Wildman–Crippen LogP) is 2.53. The van der Waals surface area contributed by atoms with E-state index < -0.39 is 35.6 Å². The lowest BCUT2D eigenvalue weighted by atomic mass is 9.92. The molecule has 0 spiro atoms. The summed E-state index contributed by atoms with van der Waals surface area (Å²) in [6, 6.07) is 9.95. The molecule has 0 aromatic heterocycles. The zero-order chi connectivity index (χ0) is 22.8. The Morgan fingerprint density at radius 2 is 1.90 bits per heavy atom. The van der Waals surface area contributed by atoms with Crippen LogP contribution in [0, 0.1) is 5.82 Å². The molecule has 4 amide bonds. The number of methoxy groups -OCH3 is 1. The minimum atomic E-state index is -1.28. The average Bonchev–Trinajstić information content (AvgIpc) is 2.90. The Hall–Kier alpha value is -3.75. The molecule has 162 valence electrons. The van der Waals surface area contributed by atoms with Crippen LogP contribution in [0.4, 0.5) is 14.9 Å². The summed E-state index contributed by atoms with van der Waals surface area (Å²) in [7, 11) is 1.51. The van der Waals surface area contributed by atoms with Gasteiger partial charge in [-0.05, 0) is 36.8 Å². The average molecular weight is 427 g/mol. The molecule has 0 saturated carbocycles. The number of anilines is 1. The van der Waals surface area contributed by atoms with Crippen molar-refractivity contribution in [2.24, 2.45) is 0 Å². The molecule has 1 heterocycles. The van der Waals surface area contributed by atoms with E-state index in [4.69, 9.17) is 4.74 Å². The van der Waals surface area contributed by atoms with Crippen LogP contribution in [0.5, 0.6) is 5.75 Å². The molecule has 3 rings (SSSR count). The van der Waals surface area contributed by atoms with E-state index in [9.17, 15) is 23.6 Å². The van der Waals surface area contributed by atoms with Gasteiger partial charge in [-0.1, -0.05) is 18.2 Å². The number of ether oxygens (including phenoxy) is 1. The van der Waals surface area contributed by atoms with E-state index in [0.717, 1.165) is 11.0 Å². The third-order valence-corrected chi connectivity index (χ3v) is 4.97. The van der Waals surface area contributed by atoms with Crippen molar-refractivity contribution in [2.45, 2.75) is 25.8 Å². The first-order chi connectivity index (χ1) is 14.6. The lowest BCUT2D eigenvalue weighted by Crippen LogP contribution is -2.46. The molecule has 0 radical (unpaired) electrons. The van der Waals surface area contributed by atoms with Crippen LogP contribution < -0.4 is 15.4 Å². The zero-order valence-corrected chi connectivity index (χ0v) is 17.3. The van der Waals surface area contributed by atoms with Gasteiger partial charge < -0.3 is 15.4 Å². The molecule has 8 nitrogen and oxygen atoms in total. The summed E-state index contributed by atoms with van der Waals surface area (Å²) in [4.78, 5) is 49.9. The summed E-state index contributed by atoms with van der Waals surface area (Å²) in [5.74, 6) is -2.00. The lowest BCUT2D eigenvalue weighted by Gasteiger charge is -2.22. The van der Waals surface area contributed by atoms with Gasteiger partial charge in [0.15, 0.2) is 5.78 Å². The molecule has 2 aromatic rings. The van der Waals surface area contributed by atoms with Crippen molar-refractivity contribution in [1.29, 1.82) is 0 Å². The van der Waals surface area contributed by atoms with Crippen molar-refractivity contribution in [3.05, 3.63) is 59.4 Å². The fraction of sp³-hybridized carbons (Fsp3) is 0.273. The van der Waals surface area contributed by atoms with Crippen LogP contribution in [0.15, 0.2) is 42.5 Å². The number of rotatable bonds is 7. The number of ketones is 1. The second-order valence-corrected chi connectivity index (χ2v) is 7.44. The molecule has 1 fully saturated rings. The van der Waals surface area contributed by atoms with Crippen molar-refractivity contribution in [3.63, 3.8) is 0 Å². The molecule has 1 saturated heterocycles. The first kappa shape index (κ1) is 21.9. The molecule has 1 aliphatic rings. The number of Topliss-reactive ketones (excluding diaryl/α,β-unsaturated/α-hetero) is 1. The number of hydrogen-bond donors (Lipinski definition) is 2. The summed E-state index contributed by atoms with van der Waals surface area (Å²) in [5.41, 5.74) is -0.650. The highest BCUT2D eigenvalue weighted by atomic mass is 19.1. The Bertz CT molecular complexity index is 1070. The smallest absolute Gasteiger partial charge is 0.325 e. The van der Waals surface area contributed by atoms with Crippen LogP contribution in [-0.2, 0) is 16.0 Å². The van der Waals surface area contributed by atoms with E-state index in [-0.39, 0.29) is 23.6 Å². The third kappa shape index (κ3) is 4.55. The normalized spacial score (nSPS) is 18.0. The van der Waals surface area contributed by atoms with Gasteiger partial charge in [0.05, 0.1) is 19.2 Å². The Kier molecular flexibility index (Phi) is 6.05. The van der Waals surface area contributed by atoms with Crippen molar-refractivity contribution >= 4 is 29.3 Å². The number of halogens is 1. The number of nitrogens with zero attached hydrogens (tertiary/aromatic N) is 1. The van der Waals surface area contributed by atoms with Crippen molar-refractivity contribution in [2.75, 3.05) is 19.0 Å². The van der Waals surface area contributed by atoms with E-state index in [2.05, 4.69) is 10.6 Å². The number of carbonyl (C=O) groups is 4. The molecule has 1 atom stereocenters. The minimum absolute atomic E-state index is 0.159. The Morgan fingerprint density at radius 1 is 1.19 bits per heavy atom. The van der Waals surface area contributed by atoms with Crippen LogP contribution in [-0.4, -0.2) is 47.7 Å². The van der Waals surface area contributed by atoms with E-state index in [0.29, 0.717) is 11.3 Å². The number of amides is 4. The number of hydrogen-bond acceptors (Lipinski definition) is 5. The largest absolute Gasteiger partial charge is 0.496 e. The van der Waals surface area contributed by atoms with Crippen LogP contribution in [0.25, 0.3) is 0 Å². The standard InChI is InChI=1S/C22H22FN3O5/c1-13(27)24-15-8-9-16(17(23)10-15)18(28)12-26-20(29)22(2,25-21(26)30)11-14-6-4-5-7-19(14)31-3/h4-10H,11-12H2,1-3H3,(H,24,27)(H,25,30)/t22-/m1/s1. The van der Waals surface area contributed by atoms with Gasteiger partial charge in [0.2, 0.25) is 5.91 Å². The van der Waals surface area contributed by atoms with Gasteiger partial charge in [0, 0.05) is 19.0 Å². The molecular formula is C22H22FN3O5. The summed E-state index contributed by atoms with van der Waals surface area (Å²) >= 11 is 0. The number of benzene rings is 2. The maximum absolute atomic E-state index is 14.4. The van der Waals surface area contributed by atoms with E-state index in [1.54, 1.807) is 31.2 Å². The maximum Gasteiger partial charge on any atom is 0.325 e. The zero-order valence-electron chi connectivity index (χ0n) is 17.3. The Labute approximate surface area is 178 Å². The number of imide groups is 1. The van der Waals surface area contributed by atoms with Crippen LogP contribution in [0.1, 0.15) is 29.8 Å². The number of urea groups is 1. The third-order valence-electron chi connectivity index (χ3n) is 4.97. The fourth-order valence-corrected chi connectivity index (χ4v) is 3.49. The van der Waals surface area contributed by atoms with Gasteiger partial charge in [-0.3, -0.25) is 19.3 Å². The SMILES string of the molecule is COc1ccccc1C[C@@]1(C)NC(=O)N(CC(=O)c2ccc(NC(C)=O)cc2F)C1=O. The summed E-state index contributed by atoms with van der Waals surface area (Å²) < 4.78 is 19.7. The van der Waals surface area contributed by atoms with Gasteiger partial charge in [-0.25, -0.2) is 9.18 Å². The summed E-state index contributed by atoms with van der Waals surface area (Å²) in [6.45, 7) is 2.23. The van der Waals surface area contributed by atoms with Crippen LogP contribution in [0.3, 0.4) is 0 Å². The second-order valence-electron chi connectivity index (χ2n) is 7.44. The number of carbonyl (C=O) groups excluding carboxylic acids is 4. The molecule has 1 aliphatic heterocycles. The minimum Gasteiger partial charge on any atom is -0.496 e. The number of nitrogens with one attached hydrogen (secondary N) is 2. The first-order valence-electron chi connectivity index (χ1n) is 9.51. The second kappa shape index (κ2) is 8.55. The Morgan fingerprint density at radius 3 is 2.55 bits per heavy atom. The van der Waals surface area contributed by atoms with Crippen molar-refractivity contribution in [1.82, 2.24) is 10.2 Å². The van der Waals surface area contributed by atoms with E-state index in [1.165, 1.54) is 26.2 Å². The molecule has 31 heavy (non-hydrogen) atoms. The van der Waals surface area contributed by atoms with Gasteiger partial charge >= 0.3 is 6.03 Å². The molecule has 2 aromatic carbocycles. The van der Waals surface area contributed by atoms with E-state index >= 15 is 0 Å². The van der Waals surface area contributed by atoms with Gasteiger partial charge in [0.1, 0.15) is 17.1 Å². The molecule has 0 unspecified atom stereocenters. The maximum atomic E-state index is 14.4. The van der Waals surface area contributed by atoms with Gasteiger partial charge in [-0.15, -0.1) is 0 Å². The first-order valence-corrected chi connectivity index (χ1v) is 9.51. The van der Waals surface area contributed by atoms with Gasteiger partial charge in [-0.2, -0.15) is 0 Å². The van der Waals surface area contributed by atoms with Crippen molar-refractivity contribution in [3.8, 4) is 5.75 Å². The highest BCUT2D eigenvalue weighted by Crippen LogP contribution is 2.27. The highest BCUT2D eigenvalue weighted by Gasteiger charge is 2.48. The topological polar surface area (TPSA) is 105 Å². The number of para-hydroxylation sites is 1. The Balaban J connectivity index is 1.77. The summed E-state index contributed by atoms with van der Waals surface area (Å²) in [5, 5.41) is 5.03. The monoisotopic (exact) mass is 427 g/mol. The molecule has 0 bridgehead atoms. The van der Waals surface area contributed by atoms with Crippen molar-refractivity contribution < 1.29 is 28.3 Å². The molecular weight excluding hydrogens is 405 g/mol. The molecule has 2 N–H and O–H groups in total. The van der Waals surface area contributed by atoms with Crippen LogP contribution in [0.2, 0.25) is 0 Å². The quantitative estimate of drug-likeness (QED) is 0.522. The predicted molar refractivity (Wildman–Crippen MR) is 110 cm³/mol. The lowest BCUT2D eigenvalue weighted by molar-refractivity contribution is -0.130. The van der Waals surface area contributed by atoms with E-state index in [1.807, 2.05) is 0 Å². The summed E-state index contributed by atoms with van der Waals surface area (Å²) in [6.07, 6.45) is 0.159.